The topological polar surface area (TPSA) is 35.5 Å². The maximum atomic E-state index is 12.5. The summed E-state index contributed by atoms with van der Waals surface area (Å²) in [5, 5.41) is -0.525. The van der Waals surface area contributed by atoms with Crippen LogP contribution in [0.5, 0.6) is 0 Å². The number of hydrogen-bond acceptors (Lipinski definition) is 3. The van der Waals surface area contributed by atoms with Gasteiger partial charge in [0.15, 0.2) is 0 Å². The Morgan fingerprint density at radius 1 is 1.20 bits per heavy atom. The molecule has 0 aliphatic carbocycles. The third-order valence-electron chi connectivity index (χ3n) is 1.58. The average molecular weight is 234 g/mol. The van der Waals surface area contributed by atoms with E-state index >= 15 is 0 Å². The predicted molar refractivity (Wildman–Crippen MR) is 64.3 cm³/mol. The molecule has 0 aliphatic heterocycles. The van der Waals surface area contributed by atoms with Gasteiger partial charge in [0.2, 0.25) is 0 Å². The highest BCUT2D eigenvalue weighted by atomic mass is 31.2. The van der Waals surface area contributed by atoms with Crippen molar-refractivity contribution in [3.8, 4) is 0 Å². The average Bonchev–Trinajstić information content (AvgIpc) is 1.95. The van der Waals surface area contributed by atoms with E-state index in [1.807, 2.05) is 41.5 Å². The van der Waals surface area contributed by atoms with E-state index in [4.69, 9.17) is 9.05 Å². The fourth-order valence-electron chi connectivity index (χ4n) is 0.868. The van der Waals surface area contributed by atoms with Gasteiger partial charge in [-0.1, -0.05) is 6.08 Å². The third-order valence-corrected chi connectivity index (χ3v) is 4.50. The molecule has 0 saturated heterocycles. The zero-order chi connectivity index (χ0) is 12.3. The summed E-state index contributed by atoms with van der Waals surface area (Å²) in [6.45, 7) is 14.9. The summed E-state index contributed by atoms with van der Waals surface area (Å²) in [5.74, 6) is 0. The number of rotatable bonds is 4. The maximum Gasteiger partial charge on any atom is 0.336 e. The van der Waals surface area contributed by atoms with Gasteiger partial charge >= 0.3 is 7.60 Å². The summed E-state index contributed by atoms with van der Waals surface area (Å²) in [4.78, 5) is 0. The summed E-state index contributed by atoms with van der Waals surface area (Å²) < 4.78 is 23.4. The van der Waals surface area contributed by atoms with Crippen LogP contribution in [0, 0.1) is 0 Å². The minimum absolute atomic E-state index is 0.241. The molecule has 0 spiro atoms. The molecule has 0 heterocycles. The van der Waals surface area contributed by atoms with Gasteiger partial charge in [-0.15, -0.1) is 6.58 Å². The Hall–Kier alpha value is -0.110. The van der Waals surface area contributed by atoms with Crippen LogP contribution in [-0.4, -0.2) is 17.4 Å². The fourth-order valence-corrected chi connectivity index (χ4v) is 2.60. The minimum Gasteiger partial charge on any atom is -0.304 e. The molecule has 1 atom stereocenters. The van der Waals surface area contributed by atoms with E-state index in [1.54, 1.807) is 6.08 Å². The summed E-state index contributed by atoms with van der Waals surface area (Å²) in [5.41, 5.74) is -0.482. The van der Waals surface area contributed by atoms with Crippen molar-refractivity contribution in [3.05, 3.63) is 12.7 Å². The van der Waals surface area contributed by atoms with Gasteiger partial charge < -0.3 is 9.05 Å². The van der Waals surface area contributed by atoms with E-state index < -0.39 is 18.4 Å². The van der Waals surface area contributed by atoms with E-state index in [9.17, 15) is 4.57 Å². The lowest BCUT2D eigenvalue weighted by atomic mass is 10.2. The molecular formula is C11H23O3P. The Morgan fingerprint density at radius 2 is 1.67 bits per heavy atom. The largest absolute Gasteiger partial charge is 0.336 e. The van der Waals surface area contributed by atoms with Crippen LogP contribution >= 0.6 is 7.60 Å². The van der Waals surface area contributed by atoms with E-state index in [2.05, 4.69) is 6.58 Å². The lowest BCUT2D eigenvalue weighted by Crippen LogP contribution is -2.26. The van der Waals surface area contributed by atoms with Gasteiger partial charge in [0.25, 0.3) is 0 Å². The monoisotopic (exact) mass is 234 g/mol. The smallest absolute Gasteiger partial charge is 0.304 e. The highest BCUT2D eigenvalue weighted by Gasteiger charge is 2.42. The lowest BCUT2D eigenvalue weighted by molar-refractivity contribution is 0.0900. The minimum atomic E-state index is -3.11. The molecule has 0 N–H and O–H groups in total. The molecule has 3 nitrogen and oxygen atoms in total. The molecule has 0 fully saturated rings. The van der Waals surface area contributed by atoms with Crippen molar-refractivity contribution in [1.29, 1.82) is 0 Å². The zero-order valence-corrected chi connectivity index (χ0v) is 11.6. The standard InChI is InChI=1S/C11H23O3P/c1-8-9-13-15(12,11(5,6)7)14-10(2,3)4/h8H,1,9H2,2-7H3. The van der Waals surface area contributed by atoms with E-state index in [0.29, 0.717) is 0 Å². The van der Waals surface area contributed by atoms with Crippen LogP contribution in [-0.2, 0) is 13.6 Å². The van der Waals surface area contributed by atoms with Gasteiger partial charge in [-0.05, 0) is 41.5 Å². The predicted octanol–water partition coefficient (Wildman–Crippen LogP) is 4.00. The van der Waals surface area contributed by atoms with Gasteiger partial charge in [-0.2, -0.15) is 0 Å². The first-order valence-corrected chi connectivity index (χ1v) is 6.62. The molecule has 0 rings (SSSR count). The zero-order valence-electron chi connectivity index (χ0n) is 10.7. The van der Waals surface area contributed by atoms with Crippen LogP contribution in [0.2, 0.25) is 0 Å². The first-order valence-electron chi connectivity index (χ1n) is 5.08. The first kappa shape index (κ1) is 14.9. The van der Waals surface area contributed by atoms with Crippen molar-refractivity contribution in [2.75, 3.05) is 6.61 Å². The molecule has 0 aromatic rings. The van der Waals surface area contributed by atoms with Crippen molar-refractivity contribution in [2.45, 2.75) is 52.3 Å². The van der Waals surface area contributed by atoms with Gasteiger partial charge in [-0.25, -0.2) is 0 Å². The van der Waals surface area contributed by atoms with Gasteiger partial charge in [0, 0.05) is 0 Å². The molecule has 0 aromatic carbocycles. The van der Waals surface area contributed by atoms with Gasteiger partial charge in [0.05, 0.1) is 17.4 Å². The number of hydrogen-bond donors (Lipinski definition) is 0. The first-order chi connectivity index (χ1) is 6.52. The Morgan fingerprint density at radius 3 is 1.93 bits per heavy atom. The highest BCUT2D eigenvalue weighted by Crippen LogP contribution is 2.61. The van der Waals surface area contributed by atoms with E-state index in [1.165, 1.54) is 0 Å². The molecule has 0 bridgehead atoms. The normalized spacial score (nSPS) is 17.2. The second-order valence-corrected chi connectivity index (χ2v) is 8.23. The molecule has 15 heavy (non-hydrogen) atoms. The fraction of sp³-hybridized carbons (Fsp3) is 0.818. The van der Waals surface area contributed by atoms with E-state index in [0.717, 1.165) is 0 Å². The SMILES string of the molecule is C=CCOP(=O)(OC(C)(C)C)C(C)(C)C. The molecule has 4 heteroatoms. The second kappa shape index (κ2) is 4.82. The van der Waals surface area contributed by atoms with Crippen LogP contribution in [0.15, 0.2) is 12.7 Å². The maximum absolute atomic E-state index is 12.5. The summed E-state index contributed by atoms with van der Waals surface area (Å²) in [6, 6.07) is 0. The summed E-state index contributed by atoms with van der Waals surface area (Å²) >= 11 is 0. The van der Waals surface area contributed by atoms with Gasteiger partial charge in [0.1, 0.15) is 0 Å². The molecular weight excluding hydrogens is 211 g/mol. The van der Waals surface area contributed by atoms with Crippen LogP contribution in [0.4, 0.5) is 0 Å². The Balaban J connectivity index is 4.88. The summed E-state index contributed by atoms with van der Waals surface area (Å²) in [7, 11) is -3.11. The molecule has 0 aromatic heterocycles. The summed E-state index contributed by atoms with van der Waals surface area (Å²) in [6.07, 6.45) is 1.57. The third kappa shape index (κ3) is 4.96. The second-order valence-electron chi connectivity index (χ2n) is 5.46. The van der Waals surface area contributed by atoms with Crippen LogP contribution < -0.4 is 0 Å². The molecule has 0 amide bonds. The van der Waals surface area contributed by atoms with Gasteiger partial charge in [-0.3, -0.25) is 4.57 Å². The van der Waals surface area contributed by atoms with Crippen LogP contribution in [0.1, 0.15) is 41.5 Å². The molecule has 0 saturated carbocycles. The Kier molecular flexibility index (Phi) is 4.78. The molecule has 0 radical (unpaired) electrons. The quantitative estimate of drug-likeness (QED) is 0.545. The molecule has 0 aliphatic rings. The molecule has 90 valence electrons. The van der Waals surface area contributed by atoms with Crippen LogP contribution in [0.25, 0.3) is 0 Å². The van der Waals surface area contributed by atoms with Crippen molar-refractivity contribution < 1.29 is 13.6 Å². The van der Waals surface area contributed by atoms with Crippen molar-refractivity contribution >= 4 is 7.60 Å². The Bertz CT molecular complexity index is 258. The van der Waals surface area contributed by atoms with Crippen molar-refractivity contribution in [1.82, 2.24) is 0 Å². The van der Waals surface area contributed by atoms with E-state index in [-0.39, 0.29) is 6.61 Å². The van der Waals surface area contributed by atoms with Crippen molar-refractivity contribution in [3.63, 3.8) is 0 Å². The van der Waals surface area contributed by atoms with Crippen molar-refractivity contribution in [2.24, 2.45) is 0 Å². The Labute approximate surface area is 93.4 Å². The lowest BCUT2D eigenvalue weighted by Gasteiger charge is -2.34. The van der Waals surface area contributed by atoms with Crippen LogP contribution in [0.3, 0.4) is 0 Å². The molecule has 1 unspecified atom stereocenters. The highest BCUT2D eigenvalue weighted by molar-refractivity contribution is 7.55.